The lowest BCUT2D eigenvalue weighted by molar-refractivity contribution is -0.113. The molecule has 1 unspecified atom stereocenters. The van der Waals surface area contributed by atoms with Gasteiger partial charge in [0.05, 0.1) is 24.6 Å². The number of hydrogen-bond acceptors (Lipinski definition) is 6. The van der Waals surface area contributed by atoms with Gasteiger partial charge in [0.25, 0.3) is 5.91 Å². The first kappa shape index (κ1) is 21.7. The highest BCUT2D eigenvalue weighted by atomic mass is 35.5. The molecule has 0 saturated heterocycles. The van der Waals surface area contributed by atoms with Crippen LogP contribution in [0.25, 0.3) is 11.4 Å². The maximum atomic E-state index is 13.5. The van der Waals surface area contributed by atoms with Gasteiger partial charge in [0, 0.05) is 28.0 Å². The lowest BCUT2D eigenvalue weighted by Crippen LogP contribution is -2.31. The molecule has 170 valence electrons. The van der Waals surface area contributed by atoms with Crippen LogP contribution in [0.2, 0.25) is 5.02 Å². The zero-order valence-corrected chi connectivity index (χ0v) is 19.2. The van der Waals surface area contributed by atoms with Crippen LogP contribution in [0.5, 0.6) is 5.75 Å². The van der Waals surface area contributed by atoms with Crippen molar-refractivity contribution in [2.75, 3.05) is 17.7 Å². The Kier molecular flexibility index (Phi) is 5.73. The molecule has 1 aliphatic heterocycles. The molecule has 0 fully saturated rings. The van der Waals surface area contributed by atoms with Crippen LogP contribution in [-0.2, 0) is 4.79 Å². The van der Waals surface area contributed by atoms with Crippen molar-refractivity contribution in [3.63, 3.8) is 0 Å². The molecule has 0 bridgehead atoms. The van der Waals surface area contributed by atoms with Crippen molar-refractivity contribution < 1.29 is 9.53 Å². The van der Waals surface area contributed by atoms with Crippen LogP contribution in [0.15, 0.2) is 84.3 Å². The van der Waals surface area contributed by atoms with Crippen LogP contribution < -0.4 is 15.4 Å². The summed E-state index contributed by atoms with van der Waals surface area (Å²) in [5.74, 6) is 1.37. The van der Waals surface area contributed by atoms with Gasteiger partial charge in [-0.1, -0.05) is 41.9 Å². The molecule has 8 nitrogen and oxygen atoms in total. The molecular weight excluding hydrogens is 452 g/mol. The van der Waals surface area contributed by atoms with E-state index in [1.54, 1.807) is 48.5 Å². The Labute approximate surface area is 201 Å². The average molecular weight is 473 g/mol. The molecule has 0 aliphatic carbocycles. The zero-order valence-electron chi connectivity index (χ0n) is 18.5. The fourth-order valence-electron chi connectivity index (χ4n) is 4.01. The minimum absolute atomic E-state index is 0.278. The SMILES string of the molecule is COc1ccccc1C1C(C(=O)Nc2cccnc2)=C(C)Nc2nc(-c3cccc(Cl)c3)nn21. The molecule has 2 aromatic heterocycles. The number of benzene rings is 2. The molecule has 2 N–H and O–H groups in total. The van der Waals surface area contributed by atoms with Gasteiger partial charge in [-0.05, 0) is 37.3 Å². The third-order valence-electron chi connectivity index (χ3n) is 5.53. The molecule has 4 aromatic rings. The van der Waals surface area contributed by atoms with Crippen LogP contribution in [0.1, 0.15) is 18.5 Å². The van der Waals surface area contributed by atoms with E-state index in [9.17, 15) is 4.79 Å². The van der Waals surface area contributed by atoms with E-state index in [2.05, 4.69) is 20.6 Å². The number of pyridine rings is 1. The van der Waals surface area contributed by atoms with Gasteiger partial charge in [0.1, 0.15) is 11.8 Å². The van der Waals surface area contributed by atoms with Crippen molar-refractivity contribution in [1.82, 2.24) is 19.7 Å². The monoisotopic (exact) mass is 472 g/mol. The second kappa shape index (κ2) is 8.99. The van der Waals surface area contributed by atoms with Crippen molar-refractivity contribution in [1.29, 1.82) is 0 Å². The standard InChI is InChI=1S/C25H21ClN6O2/c1-15-21(24(33)29-18-9-6-12-27-14-18)22(19-10-3-4-11-20(19)34-2)32-25(28-15)30-23(31-32)16-7-5-8-17(26)13-16/h3-14,22H,1-2H3,(H,29,33)(H,28,30,31). The van der Waals surface area contributed by atoms with Gasteiger partial charge in [0.15, 0.2) is 5.82 Å². The van der Waals surface area contributed by atoms with Crippen molar-refractivity contribution >= 4 is 29.1 Å². The first-order valence-electron chi connectivity index (χ1n) is 10.6. The molecule has 9 heteroatoms. The molecule has 1 amide bonds. The van der Waals surface area contributed by atoms with E-state index in [1.807, 2.05) is 43.3 Å². The highest BCUT2D eigenvalue weighted by molar-refractivity contribution is 6.30. The number of carbonyl (C=O) groups is 1. The lowest BCUT2D eigenvalue weighted by atomic mass is 9.94. The molecule has 5 rings (SSSR count). The fraction of sp³-hybridized carbons (Fsp3) is 0.120. The molecule has 1 aliphatic rings. The summed E-state index contributed by atoms with van der Waals surface area (Å²) < 4.78 is 7.35. The maximum Gasteiger partial charge on any atom is 0.255 e. The van der Waals surface area contributed by atoms with Crippen LogP contribution in [0.3, 0.4) is 0 Å². The van der Waals surface area contributed by atoms with Gasteiger partial charge >= 0.3 is 0 Å². The molecule has 0 saturated carbocycles. The third kappa shape index (κ3) is 3.99. The molecule has 0 spiro atoms. The summed E-state index contributed by atoms with van der Waals surface area (Å²) in [4.78, 5) is 22.3. The Hall–Kier alpha value is -4.17. The maximum absolute atomic E-state index is 13.5. The summed E-state index contributed by atoms with van der Waals surface area (Å²) in [5, 5.41) is 11.5. The van der Waals surface area contributed by atoms with Gasteiger partial charge < -0.3 is 15.4 Å². The van der Waals surface area contributed by atoms with E-state index in [0.717, 1.165) is 11.1 Å². The first-order chi connectivity index (χ1) is 16.5. The number of ether oxygens (including phenoxy) is 1. The number of halogens is 1. The predicted octanol–water partition coefficient (Wildman–Crippen LogP) is 4.93. The number of hydrogen-bond donors (Lipinski definition) is 2. The smallest absolute Gasteiger partial charge is 0.255 e. The number of nitrogens with zero attached hydrogens (tertiary/aromatic N) is 4. The van der Waals surface area contributed by atoms with E-state index in [-0.39, 0.29) is 5.91 Å². The summed E-state index contributed by atoms with van der Waals surface area (Å²) in [5.41, 5.74) is 3.30. The Morgan fingerprint density at radius 2 is 2.00 bits per heavy atom. The van der Waals surface area contributed by atoms with Gasteiger partial charge in [-0.2, -0.15) is 4.98 Å². The van der Waals surface area contributed by atoms with E-state index in [0.29, 0.717) is 39.5 Å². The van der Waals surface area contributed by atoms with Crippen molar-refractivity contribution in [3.05, 3.63) is 94.9 Å². The van der Waals surface area contributed by atoms with E-state index in [4.69, 9.17) is 21.4 Å². The number of nitrogens with one attached hydrogen (secondary N) is 2. The Balaban J connectivity index is 1.64. The van der Waals surface area contributed by atoms with E-state index >= 15 is 0 Å². The predicted molar refractivity (Wildman–Crippen MR) is 131 cm³/mol. The Bertz CT molecular complexity index is 1400. The minimum atomic E-state index is -0.579. The van der Waals surface area contributed by atoms with E-state index < -0.39 is 6.04 Å². The second-order valence-electron chi connectivity index (χ2n) is 7.72. The highest BCUT2D eigenvalue weighted by Gasteiger charge is 2.36. The average Bonchev–Trinajstić information content (AvgIpc) is 3.27. The number of aromatic nitrogens is 4. The quantitative estimate of drug-likeness (QED) is 0.427. The molecule has 3 heterocycles. The molecule has 1 atom stereocenters. The van der Waals surface area contributed by atoms with Gasteiger partial charge in [0.2, 0.25) is 5.95 Å². The van der Waals surface area contributed by atoms with Crippen LogP contribution in [0, 0.1) is 0 Å². The number of anilines is 2. The summed E-state index contributed by atoms with van der Waals surface area (Å²) in [7, 11) is 1.60. The third-order valence-corrected chi connectivity index (χ3v) is 5.77. The number of allylic oxidation sites excluding steroid dienone is 1. The summed E-state index contributed by atoms with van der Waals surface area (Å²) in [6, 6.07) is 17.9. The molecular formula is C25H21ClN6O2. The normalized spacial score (nSPS) is 14.9. The van der Waals surface area contributed by atoms with Gasteiger partial charge in [-0.15, -0.1) is 5.10 Å². The Morgan fingerprint density at radius 3 is 2.76 bits per heavy atom. The van der Waals surface area contributed by atoms with Crippen LogP contribution in [0.4, 0.5) is 11.6 Å². The fourth-order valence-corrected chi connectivity index (χ4v) is 4.20. The first-order valence-corrected chi connectivity index (χ1v) is 11.0. The Morgan fingerprint density at radius 1 is 1.15 bits per heavy atom. The summed E-state index contributed by atoms with van der Waals surface area (Å²) in [6.07, 6.45) is 3.25. The number of para-hydroxylation sites is 1. The van der Waals surface area contributed by atoms with Crippen molar-refractivity contribution in [2.45, 2.75) is 13.0 Å². The zero-order chi connectivity index (χ0) is 23.7. The summed E-state index contributed by atoms with van der Waals surface area (Å²) >= 11 is 6.19. The lowest BCUT2D eigenvalue weighted by Gasteiger charge is -2.29. The largest absolute Gasteiger partial charge is 0.496 e. The minimum Gasteiger partial charge on any atom is -0.496 e. The number of carbonyl (C=O) groups excluding carboxylic acids is 1. The molecule has 2 aromatic carbocycles. The van der Waals surface area contributed by atoms with Crippen LogP contribution >= 0.6 is 11.6 Å². The summed E-state index contributed by atoms with van der Waals surface area (Å²) in [6.45, 7) is 1.85. The highest BCUT2D eigenvalue weighted by Crippen LogP contribution is 2.40. The topological polar surface area (TPSA) is 94.0 Å². The van der Waals surface area contributed by atoms with Crippen LogP contribution in [-0.4, -0.2) is 32.8 Å². The van der Waals surface area contributed by atoms with Gasteiger partial charge in [-0.3, -0.25) is 9.78 Å². The number of rotatable bonds is 5. The van der Waals surface area contributed by atoms with Crippen molar-refractivity contribution in [2.24, 2.45) is 0 Å². The van der Waals surface area contributed by atoms with E-state index in [1.165, 1.54) is 0 Å². The number of amides is 1. The molecule has 34 heavy (non-hydrogen) atoms. The number of fused-ring (bicyclic) bond motifs is 1. The molecule has 0 radical (unpaired) electrons. The van der Waals surface area contributed by atoms with Crippen molar-refractivity contribution in [3.8, 4) is 17.1 Å². The number of methoxy groups -OCH3 is 1. The second-order valence-corrected chi connectivity index (χ2v) is 8.15. The van der Waals surface area contributed by atoms with Gasteiger partial charge in [-0.25, -0.2) is 4.68 Å².